The Balaban J connectivity index is 1.23. The van der Waals surface area contributed by atoms with Crippen LogP contribution in [0, 0.1) is 0 Å². The highest BCUT2D eigenvalue weighted by atomic mass is 16.2. The number of fused-ring (bicyclic) bond motifs is 1. The molecule has 2 aromatic rings. The van der Waals surface area contributed by atoms with Crippen LogP contribution in [0.5, 0.6) is 0 Å². The number of piperidine rings is 1. The molecule has 0 aromatic heterocycles. The summed E-state index contributed by atoms with van der Waals surface area (Å²) in [6.07, 6.45) is 4.95. The lowest BCUT2D eigenvalue weighted by molar-refractivity contribution is 0.186. The fourth-order valence-electron chi connectivity index (χ4n) is 4.35. The van der Waals surface area contributed by atoms with Gasteiger partial charge in [0.1, 0.15) is 0 Å². The largest absolute Gasteiger partial charge is 0.372 e. The maximum absolute atomic E-state index is 12.3. The van der Waals surface area contributed by atoms with Gasteiger partial charge in [-0.3, -0.25) is 4.90 Å². The van der Waals surface area contributed by atoms with Gasteiger partial charge in [0.2, 0.25) is 0 Å². The number of urea groups is 1. The first-order chi connectivity index (χ1) is 14.2. The number of hydrogen-bond donors (Lipinski definition) is 2. The summed E-state index contributed by atoms with van der Waals surface area (Å²) in [6, 6.07) is 17.0. The van der Waals surface area contributed by atoms with Gasteiger partial charge >= 0.3 is 6.03 Å². The monoisotopic (exact) mass is 392 g/mol. The number of rotatable bonds is 5. The Hall–Kier alpha value is -2.53. The Morgan fingerprint density at radius 3 is 2.45 bits per heavy atom. The van der Waals surface area contributed by atoms with Gasteiger partial charge < -0.3 is 15.5 Å². The lowest BCUT2D eigenvalue weighted by Crippen LogP contribution is -2.45. The summed E-state index contributed by atoms with van der Waals surface area (Å²) >= 11 is 0. The lowest BCUT2D eigenvalue weighted by atomic mass is 9.99. The van der Waals surface area contributed by atoms with Crippen LogP contribution in [0.3, 0.4) is 0 Å². The van der Waals surface area contributed by atoms with Gasteiger partial charge in [-0.15, -0.1) is 0 Å². The first kappa shape index (κ1) is 19.8. The van der Waals surface area contributed by atoms with Crippen LogP contribution in [-0.4, -0.2) is 43.2 Å². The summed E-state index contributed by atoms with van der Waals surface area (Å²) in [7, 11) is 0. The molecule has 29 heavy (non-hydrogen) atoms. The van der Waals surface area contributed by atoms with Crippen LogP contribution in [0.25, 0.3) is 0 Å². The van der Waals surface area contributed by atoms with Gasteiger partial charge in [0, 0.05) is 50.1 Å². The molecule has 2 heterocycles. The fraction of sp³-hybridized carbons (Fsp3) is 0.458. The van der Waals surface area contributed by atoms with Crippen LogP contribution in [-0.2, 0) is 13.0 Å². The molecular formula is C24H32N4O. The van der Waals surface area contributed by atoms with E-state index in [1.807, 2.05) is 12.1 Å². The summed E-state index contributed by atoms with van der Waals surface area (Å²) in [5, 5.41) is 5.99. The first-order valence-electron chi connectivity index (χ1n) is 10.9. The maximum Gasteiger partial charge on any atom is 0.319 e. The fourth-order valence-corrected chi connectivity index (χ4v) is 4.35. The molecule has 5 heteroatoms. The van der Waals surface area contributed by atoms with Crippen LogP contribution >= 0.6 is 0 Å². The quantitative estimate of drug-likeness (QED) is 0.800. The van der Waals surface area contributed by atoms with Gasteiger partial charge in [-0.05, 0) is 68.0 Å². The average molecular weight is 393 g/mol. The molecule has 0 saturated carbocycles. The van der Waals surface area contributed by atoms with E-state index >= 15 is 0 Å². The van der Waals surface area contributed by atoms with Crippen molar-refractivity contribution in [1.82, 2.24) is 10.2 Å². The Labute approximate surface area is 174 Å². The summed E-state index contributed by atoms with van der Waals surface area (Å²) in [5.74, 6) is 0. The highest BCUT2D eigenvalue weighted by Crippen LogP contribution is 2.22. The van der Waals surface area contributed by atoms with Gasteiger partial charge in [-0.2, -0.15) is 0 Å². The topological polar surface area (TPSA) is 47.6 Å². The predicted octanol–water partition coefficient (Wildman–Crippen LogP) is 4.25. The zero-order chi connectivity index (χ0) is 20.1. The van der Waals surface area contributed by atoms with E-state index in [-0.39, 0.29) is 6.03 Å². The lowest BCUT2D eigenvalue weighted by Gasteiger charge is -2.33. The van der Waals surface area contributed by atoms with Crippen molar-refractivity contribution in [3.05, 3.63) is 59.7 Å². The number of nitrogens with zero attached hydrogens (tertiary/aromatic N) is 2. The van der Waals surface area contributed by atoms with Crippen molar-refractivity contribution in [3.63, 3.8) is 0 Å². The summed E-state index contributed by atoms with van der Waals surface area (Å²) in [5.41, 5.74) is 4.94. The second kappa shape index (κ2) is 9.31. The minimum Gasteiger partial charge on any atom is -0.372 e. The first-order valence-corrected chi connectivity index (χ1v) is 10.9. The molecule has 154 valence electrons. The van der Waals surface area contributed by atoms with Crippen molar-refractivity contribution in [2.45, 2.75) is 45.2 Å². The molecule has 0 aliphatic carbocycles. The zero-order valence-corrected chi connectivity index (χ0v) is 17.4. The highest BCUT2D eigenvalue weighted by molar-refractivity contribution is 5.89. The molecule has 1 atom stereocenters. The number of nitrogens with one attached hydrogen (secondary N) is 2. The molecule has 1 fully saturated rings. The molecule has 5 nitrogen and oxygen atoms in total. The van der Waals surface area contributed by atoms with E-state index in [1.54, 1.807) is 0 Å². The molecular weight excluding hydrogens is 360 g/mol. The van der Waals surface area contributed by atoms with Crippen molar-refractivity contribution in [2.75, 3.05) is 36.4 Å². The molecule has 4 rings (SSSR count). The van der Waals surface area contributed by atoms with Crippen LogP contribution in [0.1, 0.15) is 37.3 Å². The van der Waals surface area contributed by atoms with Gasteiger partial charge in [0.05, 0.1) is 0 Å². The summed E-state index contributed by atoms with van der Waals surface area (Å²) in [6.45, 7) is 7.08. The van der Waals surface area contributed by atoms with Gasteiger partial charge in [-0.25, -0.2) is 4.79 Å². The van der Waals surface area contributed by atoms with E-state index in [0.29, 0.717) is 12.6 Å². The molecule has 2 amide bonds. The summed E-state index contributed by atoms with van der Waals surface area (Å²) < 4.78 is 0. The molecule has 1 unspecified atom stereocenters. The molecule has 1 saturated heterocycles. The Bertz CT molecular complexity index is 814. The number of benzene rings is 2. The maximum atomic E-state index is 12.3. The van der Waals surface area contributed by atoms with E-state index in [9.17, 15) is 4.79 Å². The molecule has 0 spiro atoms. The number of carbonyl (C=O) groups excluding carboxylic acids is 1. The Morgan fingerprint density at radius 1 is 0.966 bits per heavy atom. The molecule has 2 aliphatic heterocycles. The van der Waals surface area contributed by atoms with Gasteiger partial charge in [-0.1, -0.05) is 24.3 Å². The number of anilines is 2. The normalized spacial score (nSPS) is 18.0. The van der Waals surface area contributed by atoms with Crippen LogP contribution in [0.4, 0.5) is 16.2 Å². The van der Waals surface area contributed by atoms with E-state index in [0.717, 1.165) is 38.3 Å². The SMILES string of the molecule is CC(CNC(=O)Nc1ccc(N2CCCCC2)cc1)N1CCc2ccccc2C1. The molecule has 0 bridgehead atoms. The standard InChI is InChI=1S/C24H32N4O/c1-19(28-16-13-20-7-3-4-8-21(20)18-28)17-25-24(29)26-22-9-11-23(12-10-22)27-14-5-2-6-15-27/h3-4,7-12,19H,2,5-6,13-18H2,1H3,(H2,25,26,29). The minimum atomic E-state index is -0.139. The van der Waals surface area contributed by atoms with Crippen LogP contribution < -0.4 is 15.5 Å². The minimum absolute atomic E-state index is 0.139. The second-order valence-corrected chi connectivity index (χ2v) is 8.27. The van der Waals surface area contributed by atoms with Gasteiger partial charge in [0.25, 0.3) is 0 Å². The smallest absolute Gasteiger partial charge is 0.319 e. The Kier molecular flexibility index (Phi) is 6.35. The Morgan fingerprint density at radius 2 is 1.69 bits per heavy atom. The molecule has 2 aliphatic rings. The third kappa shape index (κ3) is 5.10. The van der Waals surface area contributed by atoms with E-state index < -0.39 is 0 Å². The molecule has 2 N–H and O–H groups in total. The van der Waals surface area contributed by atoms with Gasteiger partial charge in [0.15, 0.2) is 0 Å². The van der Waals surface area contributed by atoms with Crippen LogP contribution in [0.2, 0.25) is 0 Å². The van der Waals surface area contributed by atoms with E-state index in [4.69, 9.17) is 0 Å². The van der Waals surface area contributed by atoms with Crippen molar-refractivity contribution in [2.24, 2.45) is 0 Å². The molecule has 0 radical (unpaired) electrons. The second-order valence-electron chi connectivity index (χ2n) is 8.27. The predicted molar refractivity (Wildman–Crippen MR) is 120 cm³/mol. The number of carbonyl (C=O) groups is 1. The van der Waals surface area contributed by atoms with E-state index in [2.05, 4.69) is 63.8 Å². The summed E-state index contributed by atoms with van der Waals surface area (Å²) in [4.78, 5) is 17.2. The average Bonchev–Trinajstić information content (AvgIpc) is 2.78. The van der Waals surface area contributed by atoms with Crippen molar-refractivity contribution >= 4 is 17.4 Å². The molecule has 2 aromatic carbocycles. The third-order valence-electron chi connectivity index (χ3n) is 6.19. The number of amides is 2. The van der Waals surface area contributed by atoms with Crippen LogP contribution in [0.15, 0.2) is 48.5 Å². The zero-order valence-electron chi connectivity index (χ0n) is 17.4. The third-order valence-corrected chi connectivity index (χ3v) is 6.19. The van der Waals surface area contributed by atoms with Crippen molar-refractivity contribution < 1.29 is 4.79 Å². The van der Waals surface area contributed by atoms with Crippen molar-refractivity contribution in [3.8, 4) is 0 Å². The van der Waals surface area contributed by atoms with E-state index in [1.165, 1.54) is 36.1 Å². The number of hydrogen-bond acceptors (Lipinski definition) is 3. The van der Waals surface area contributed by atoms with Crippen molar-refractivity contribution in [1.29, 1.82) is 0 Å². The highest BCUT2D eigenvalue weighted by Gasteiger charge is 2.20.